The summed E-state index contributed by atoms with van der Waals surface area (Å²) >= 11 is 0. The minimum atomic E-state index is -1.46. The van der Waals surface area contributed by atoms with Crippen LogP contribution in [0.15, 0.2) is 23.8 Å². The van der Waals surface area contributed by atoms with Gasteiger partial charge in [-0.15, -0.1) is 0 Å². The second kappa shape index (κ2) is 18.8. The molecule has 0 radical (unpaired) electrons. The van der Waals surface area contributed by atoms with Gasteiger partial charge in [0.05, 0.1) is 42.5 Å². The molecule has 13 nitrogen and oxygen atoms in total. The van der Waals surface area contributed by atoms with Crippen LogP contribution in [0, 0.1) is 23.7 Å². The number of hydrogen-bond donors (Lipinski definition) is 4. The summed E-state index contributed by atoms with van der Waals surface area (Å²) < 4.78 is 30.8. The Morgan fingerprint density at radius 2 is 1.67 bits per heavy atom. The largest absolute Gasteiger partial charge is 0.462 e. The first-order valence-corrected chi connectivity index (χ1v) is 18.4. The number of hydrogen-bond acceptors (Lipinski definition) is 13. The molecule has 16 atom stereocenters. The molecule has 3 rings (SSSR count). The van der Waals surface area contributed by atoms with Crippen molar-refractivity contribution in [3.8, 4) is 0 Å². The van der Waals surface area contributed by atoms with E-state index in [4.69, 9.17) is 23.7 Å². The zero-order valence-corrected chi connectivity index (χ0v) is 32.0. The number of aliphatic hydroxyl groups excluding tert-OH is 3. The van der Waals surface area contributed by atoms with Crippen LogP contribution in [0.2, 0.25) is 0 Å². The van der Waals surface area contributed by atoms with E-state index in [0.29, 0.717) is 6.42 Å². The van der Waals surface area contributed by atoms with Gasteiger partial charge in [-0.3, -0.25) is 9.59 Å². The third kappa shape index (κ3) is 11.2. The summed E-state index contributed by atoms with van der Waals surface area (Å²) in [5.74, 6) is -2.69. The van der Waals surface area contributed by atoms with Gasteiger partial charge in [0.2, 0.25) is 0 Å². The van der Waals surface area contributed by atoms with Gasteiger partial charge in [0, 0.05) is 30.6 Å². The highest BCUT2D eigenvalue weighted by molar-refractivity contribution is 5.91. The van der Waals surface area contributed by atoms with E-state index in [1.807, 2.05) is 26.8 Å². The van der Waals surface area contributed by atoms with Crippen molar-refractivity contribution in [2.75, 3.05) is 14.1 Å². The van der Waals surface area contributed by atoms with Crippen molar-refractivity contribution in [1.82, 2.24) is 4.90 Å². The number of ether oxygens (including phenoxy) is 5. The molecule has 2 fully saturated rings. The van der Waals surface area contributed by atoms with Crippen LogP contribution in [0.1, 0.15) is 87.5 Å². The third-order valence-corrected chi connectivity index (χ3v) is 10.8. The van der Waals surface area contributed by atoms with Gasteiger partial charge in [-0.25, -0.2) is 0 Å². The maximum atomic E-state index is 13.3. The Bertz CT molecular complexity index is 1220. The number of aliphatic hydroxyl groups is 4. The molecule has 2 unspecified atom stereocenters. The smallest absolute Gasteiger partial charge is 0.308 e. The van der Waals surface area contributed by atoms with Crippen LogP contribution in [-0.2, 0) is 38.1 Å². The number of carbonyl (C=O) groups excluding carboxylic acids is 3. The summed E-state index contributed by atoms with van der Waals surface area (Å²) in [5.41, 5.74) is -0.619. The molecule has 0 saturated carbocycles. The topological polar surface area (TPSA) is 182 Å². The number of likely N-dealkylation sites (N-methyl/N-ethyl adjacent to an activating group) is 1. The molecular weight excluding hydrogens is 662 g/mol. The Kier molecular flexibility index (Phi) is 16.0. The maximum absolute atomic E-state index is 13.3. The molecule has 3 aliphatic heterocycles. The Balaban J connectivity index is 1.95. The fourth-order valence-electron chi connectivity index (χ4n) is 7.67. The molecular formula is C38H63NO12. The van der Waals surface area contributed by atoms with Gasteiger partial charge in [-0.1, -0.05) is 45.4 Å². The molecule has 51 heavy (non-hydrogen) atoms. The van der Waals surface area contributed by atoms with Crippen molar-refractivity contribution >= 4 is 18.0 Å². The number of aldehydes is 1. The van der Waals surface area contributed by atoms with E-state index in [0.717, 1.165) is 11.9 Å². The van der Waals surface area contributed by atoms with Crippen molar-refractivity contribution in [3.05, 3.63) is 23.8 Å². The standard InChI is InChI=1S/C38H63NO12/c1-11-29-22(4)16-20(2)12-13-27(41)21(3)17-26(14-15-40)34(23(5)28(42)18-30(43)49-29)51-37-33(44)32(39(9)10)35(24(6)48-37)50-31-19-38(8,46)36(45)25(7)47-31/h12-13,15-16,21-26,28-29,31-37,42,44-46H,11,14,17-19H2,1-10H3/b13-12-,20-16+/t21-,22+,23+,24-,25+,26+,28-,29?,31+,32-,33-,34?,35-,36+,37+,38-/m1/s1. The number of ketones is 1. The summed E-state index contributed by atoms with van der Waals surface area (Å²) in [4.78, 5) is 40.3. The monoisotopic (exact) mass is 725 g/mol. The average Bonchev–Trinajstić information content (AvgIpc) is 3.04. The van der Waals surface area contributed by atoms with Crippen LogP contribution < -0.4 is 0 Å². The van der Waals surface area contributed by atoms with Crippen molar-refractivity contribution in [2.45, 2.75) is 161 Å². The fourth-order valence-corrected chi connectivity index (χ4v) is 7.67. The van der Waals surface area contributed by atoms with Crippen molar-refractivity contribution in [2.24, 2.45) is 23.7 Å². The number of nitrogens with zero attached hydrogens (tertiary/aromatic N) is 1. The molecule has 4 N–H and O–H groups in total. The Morgan fingerprint density at radius 3 is 2.25 bits per heavy atom. The lowest BCUT2D eigenvalue weighted by Crippen LogP contribution is -2.65. The molecule has 2 saturated heterocycles. The van der Waals surface area contributed by atoms with E-state index in [2.05, 4.69) is 0 Å². The minimum Gasteiger partial charge on any atom is -0.462 e. The Labute approximate surface area is 303 Å². The predicted octanol–water partition coefficient (Wildman–Crippen LogP) is 2.70. The summed E-state index contributed by atoms with van der Waals surface area (Å²) in [7, 11) is 3.54. The molecule has 0 aromatic rings. The summed E-state index contributed by atoms with van der Waals surface area (Å²) in [6, 6.07) is -0.699. The molecule has 3 heterocycles. The SMILES string of the molecule is CCC1OC(=O)C[C@@H](O)[C@H](C)C(O[C@@H]2O[C@H](C)[C@@H](O[C@H]3C[C@@](C)(O)[C@@H](O)[C@H](C)O3)[C@H](N(C)C)[C@H]2O)[C@@H](CC=O)C[C@@H](C)C(=O)/C=C\C(C)=C\[C@@H]1C. The average molecular weight is 726 g/mol. The van der Waals surface area contributed by atoms with E-state index in [1.165, 1.54) is 13.0 Å². The van der Waals surface area contributed by atoms with Gasteiger partial charge in [0.25, 0.3) is 0 Å². The lowest BCUT2D eigenvalue weighted by molar-refractivity contribution is -0.341. The number of carbonyl (C=O) groups is 3. The summed E-state index contributed by atoms with van der Waals surface area (Å²) in [6.07, 6.45) is -2.93. The summed E-state index contributed by atoms with van der Waals surface area (Å²) in [6.45, 7) is 14.1. The van der Waals surface area contributed by atoms with Crippen LogP contribution in [0.4, 0.5) is 0 Å². The number of rotatable bonds is 8. The second-order valence-corrected chi connectivity index (χ2v) is 15.5. The first-order chi connectivity index (χ1) is 23.8. The Hall–Kier alpha value is -2.07. The lowest BCUT2D eigenvalue weighted by atomic mass is 9.79. The van der Waals surface area contributed by atoms with Crippen molar-refractivity contribution in [3.63, 3.8) is 0 Å². The molecule has 3 aliphatic rings. The molecule has 292 valence electrons. The number of esters is 1. The van der Waals surface area contributed by atoms with Gasteiger partial charge >= 0.3 is 5.97 Å². The fraction of sp³-hybridized carbons (Fsp3) is 0.816. The predicted molar refractivity (Wildman–Crippen MR) is 188 cm³/mol. The van der Waals surface area contributed by atoms with E-state index < -0.39 is 96.8 Å². The number of cyclic esters (lactones) is 1. The van der Waals surface area contributed by atoms with Crippen molar-refractivity contribution in [1.29, 1.82) is 0 Å². The first-order valence-electron chi connectivity index (χ1n) is 18.4. The zero-order chi connectivity index (χ0) is 38.4. The highest BCUT2D eigenvalue weighted by atomic mass is 16.7. The molecule has 0 aliphatic carbocycles. The quantitative estimate of drug-likeness (QED) is 0.212. The highest BCUT2D eigenvalue weighted by Crippen LogP contribution is 2.37. The minimum absolute atomic E-state index is 0.00788. The van der Waals surface area contributed by atoms with Gasteiger partial charge < -0.3 is 53.8 Å². The molecule has 0 aromatic heterocycles. The molecule has 0 bridgehead atoms. The van der Waals surface area contributed by atoms with Gasteiger partial charge in [0.15, 0.2) is 18.4 Å². The third-order valence-electron chi connectivity index (χ3n) is 10.8. The van der Waals surface area contributed by atoms with E-state index in [1.54, 1.807) is 52.8 Å². The van der Waals surface area contributed by atoms with Crippen LogP contribution in [0.3, 0.4) is 0 Å². The molecule has 0 aromatic carbocycles. The van der Waals surface area contributed by atoms with Gasteiger partial charge in [-0.05, 0) is 66.6 Å². The highest BCUT2D eigenvalue weighted by Gasteiger charge is 2.51. The van der Waals surface area contributed by atoms with E-state index >= 15 is 0 Å². The van der Waals surface area contributed by atoms with Crippen LogP contribution in [-0.4, -0.2) is 131 Å². The molecule has 0 amide bonds. The van der Waals surface area contributed by atoms with Crippen LogP contribution in [0.25, 0.3) is 0 Å². The maximum Gasteiger partial charge on any atom is 0.308 e. The normalized spacial score (nSPS) is 45.5. The van der Waals surface area contributed by atoms with E-state index in [9.17, 15) is 34.8 Å². The van der Waals surface area contributed by atoms with Gasteiger partial charge in [-0.2, -0.15) is 0 Å². The Morgan fingerprint density at radius 1 is 1.00 bits per heavy atom. The molecule has 13 heteroatoms. The molecule has 0 spiro atoms. The van der Waals surface area contributed by atoms with Gasteiger partial charge in [0.1, 0.15) is 30.7 Å². The zero-order valence-electron chi connectivity index (χ0n) is 32.0. The first kappa shape index (κ1) is 43.3. The second-order valence-electron chi connectivity index (χ2n) is 15.5. The van der Waals surface area contributed by atoms with Crippen molar-refractivity contribution < 1.29 is 58.5 Å². The summed E-state index contributed by atoms with van der Waals surface area (Å²) in [5, 5.41) is 44.4. The number of allylic oxidation sites excluding steroid dienone is 3. The van der Waals surface area contributed by atoms with Crippen LogP contribution >= 0.6 is 0 Å². The lowest BCUT2D eigenvalue weighted by Gasteiger charge is -2.50. The van der Waals surface area contributed by atoms with Crippen LogP contribution in [0.5, 0.6) is 0 Å². The van der Waals surface area contributed by atoms with E-state index in [-0.39, 0.29) is 37.4 Å².